The Balaban J connectivity index is 1.86. The number of rotatable bonds is 9. The smallest absolute Gasteiger partial charge is 0.261 e. The Morgan fingerprint density at radius 3 is 2.64 bits per heavy atom. The van der Waals surface area contributed by atoms with Crippen molar-refractivity contribution in [1.29, 1.82) is 0 Å². The van der Waals surface area contributed by atoms with Crippen LogP contribution in [0.15, 0.2) is 60.7 Å². The highest BCUT2D eigenvalue weighted by Gasteiger charge is 2.13. The molecule has 28 heavy (non-hydrogen) atoms. The molecule has 3 rings (SSSR count). The number of hydrogen-bond donors (Lipinski definition) is 1. The lowest BCUT2D eigenvalue weighted by molar-refractivity contribution is 0.101. The summed E-state index contributed by atoms with van der Waals surface area (Å²) < 4.78 is 26.2. The average Bonchev–Trinajstić information content (AvgIpc) is 2.68. The van der Waals surface area contributed by atoms with E-state index in [0.29, 0.717) is 29.4 Å². The van der Waals surface area contributed by atoms with Crippen LogP contribution in [0.2, 0.25) is 0 Å². The molecule has 0 saturated carbocycles. The zero-order valence-electron chi connectivity index (χ0n) is 15.9. The number of ketones is 1. The lowest BCUT2D eigenvalue weighted by atomic mass is 10.1. The molecule has 0 heterocycles. The largest absolute Gasteiger partial charge is 0.457 e. The third-order valence-electron chi connectivity index (χ3n) is 4.23. The van der Waals surface area contributed by atoms with E-state index in [1.807, 2.05) is 49.4 Å². The molecule has 0 aliphatic carbocycles. The number of nitrogens with one attached hydrogen (secondary N) is 1. The minimum absolute atomic E-state index is 0.134. The number of benzene rings is 3. The van der Waals surface area contributed by atoms with Gasteiger partial charge in [-0.2, -0.15) is 0 Å². The monoisotopic (exact) mass is 397 g/mol. The summed E-state index contributed by atoms with van der Waals surface area (Å²) in [6.45, 7) is 3.88. The highest BCUT2D eigenvalue weighted by Crippen LogP contribution is 2.32. The van der Waals surface area contributed by atoms with Gasteiger partial charge in [0.25, 0.3) is 11.3 Å². The van der Waals surface area contributed by atoms with Crippen molar-refractivity contribution in [2.45, 2.75) is 26.7 Å². The Labute approximate surface area is 167 Å². The van der Waals surface area contributed by atoms with Crippen LogP contribution in [0.4, 0.5) is 5.69 Å². The first-order valence-electron chi connectivity index (χ1n) is 9.21. The molecule has 1 N–H and O–H groups in total. The molecule has 6 heteroatoms. The van der Waals surface area contributed by atoms with Gasteiger partial charge in [-0.15, -0.1) is 0 Å². The molecule has 0 amide bonds. The van der Waals surface area contributed by atoms with Gasteiger partial charge in [0.2, 0.25) is 0 Å². The molecule has 3 aromatic carbocycles. The van der Waals surface area contributed by atoms with Crippen LogP contribution in [0.1, 0.15) is 37.0 Å². The first kappa shape index (κ1) is 20.0. The van der Waals surface area contributed by atoms with Gasteiger partial charge in [-0.3, -0.25) is 13.7 Å². The summed E-state index contributed by atoms with van der Waals surface area (Å²) in [7, 11) is 0. The Morgan fingerprint density at radius 1 is 1.07 bits per heavy atom. The van der Waals surface area contributed by atoms with Crippen LogP contribution in [0.3, 0.4) is 0 Å². The second-order valence-corrected chi connectivity index (χ2v) is 7.26. The van der Waals surface area contributed by atoms with Gasteiger partial charge in [0.1, 0.15) is 11.5 Å². The van der Waals surface area contributed by atoms with Crippen molar-refractivity contribution in [2.75, 3.05) is 11.3 Å². The van der Waals surface area contributed by atoms with E-state index in [1.165, 1.54) is 6.92 Å². The minimum Gasteiger partial charge on any atom is -0.457 e. The fraction of sp³-hybridized carbons (Fsp3) is 0.227. The summed E-state index contributed by atoms with van der Waals surface area (Å²) in [5.41, 5.74) is 0.845. The van der Waals surface area contributed by atoms with Crippen LogP contribution >= 0.6 is 0 Å². The quantitative estimate of drug-likeness (QED) is 0.375. The number of ether oxygens (including phenoxy) is 1. The van der Waals surface area contributed by atoms with E-state index in [2.05, 4.69) is 4.72 Å². The summed E-state index contributed by atoms with van der Waals surface area (Å²) in [6, 6.07) is 18.8. The lowest BCUT2D eigenvalue weighted by Crippen LogP contribution is -2.11. The van der Waals surface area contributed by atoms with Crippen molar-refractivity contribution in [1.82, 2.24) is 0 Å². The average molecular weight is 397 g/mol. The first-order valence-corrected chi connectivity index (χ1v) is 10.3. The van der Waals surface area contributed by atoms with Crippen LogP contribution in [0.25, 0.3) is 10.8 Å². The zero-order chi connectivity index (χ0) is 19.9. The molecular formula is C22H23NO4S. The minimum atomic E-state index is -1.73. The predicted molar refractivity (Wildman–Crippen MR) is 113 cm³/mol. The number of carbonyl (C=O) groups excluding carboxylic acids is 1. The molecule has 0 fully saturated rings. The molecule has 0 radical (unpaired) electrons. The Bertz CT molecular complexity index is 997. The highest BCUT2D eigenvalue weighted by atomic mass is 32.2. The molecule has 0 aliphatic heterocycles. The summed E-state index contributed by atoms with van der Waals surface area (Å²) >= 11 is -1.73. The standard InChI is InChI=1S/C22H23NO4S/c1-3-4-14-26-28(25)23-21-15-18(12-13-19(21)16(2)24)27-22-11-7-9-17-8-5-6-10-20(17)22/h5-13,15,23H,3-4,14H2,1-2H3. The third-order valence-corrected chi connectivity index (χ3v) is 5.00. The zero-order valence-corrected chi connectivity index (χ0v) is 16.8. The Kier molecular flexibility index (Phi) is 6.79. The summed E-state index contributed by atoms with van der Waals surface area (Å²) in [5, 5.41) is 2.06. The van der Waals surface area contributed by atoms with Crippen molar-refractivity contribution in [3.05, 3.63) is 66.2 Å². The molecule has 5 nitrogen and oxygen atoms in total. The van der Waals surface area contributed by atoms with Crippen molar-refractivity contribution < 1.29 is 17.9 Å². The molecule has 0 aromatic heterocycles. The van der Waals surface area contributed by atoms with Crippen molar-refractivity contribution >= 4 is 33.5 Å². The summed E-state index contributed by atoms with van der Waals surface area (Å²) in [6.07, 6.45) is 1.77. The second-order valence-electron chi connectivity index (χ2n) is 6.36. The SMILES string of the molecule is CCCCOS(=O)Nc1cc(Oc2cccc3ccccc23)ccc1C(C)=O. The maximum atomic E-state index is 12.1. The van der Waals surface area contributed by atoms with Gasteiger partial charge in [0, 0.05) is 17.0 Å². The Morgan fingerprint density at radius 2 is 1.86 bits per heavy atom. The van der Waals surface area contributed by atoms with Crippen LogP contribution in [0.5, 0.6) is 11.5 Å². The van der Waals surface area contributed by atoms with Crippen molar-refractivity contribution in [3.63, 3.8) is 0 Å². The summed E-state index contributed by atoms with van der Waals surface area (Å²) in [5.74, 6) is 1.11. The fourth-order valence-electron chi connectivity index (χ4n) is 2.79. The van der Waals surface area contributed by atoms with Crippen LogP contribution in [-0.4, -0.2) is 16.6 Å². The molecule has 1 atom stereocenters. The van der Waals surface area contributed by atoms with Gasteiger partial charge in [-0.25, -0.2) is 4.21 Å². The molecule has 1 unspecified atom stereocenters. The van der Waals surface area contributed by atoms with E-state index in [4.69, 9.17) is 8.92 Å². The first-order chi connectivity index (χ1) is 13.6. The summed E-state index contributed by atoms with van der Waals surface area (Å²) in [4.78, 5) is 11.9. The van der Waals surface area contributed by atoms with Crippen molar-refractivity contribution in [3.8, 4) is 11.5 Å². The molecule has 0 bridgehead atoms. The van der Waals surface area contributed by atoms with E-state index in [-0.39, 0.29) is 5.78 Å². The highest BCUT2D eigenvalue weighted by molar-refractivity contribution is 7.81. The van der Waals surface area contributed by atoms with Gasteiger partial charge in [0.15, 0.2) is 5.78 Å². The third kappa shape index (κ3) is 4.97. The second kappa shape index (κ2) is 9.48. The molecule has 0 saturated heterocycles. The molecule has 0 aliphatic rings. The number of anilines is 1. The van der Waals surface area contributed by atoms with Crippen LogP contribution in [0, 0.1) is 0 Å². The molecule has 3 aromatic rings. The predicted octanol–water partition coefficient (Wildman–Crippen LogP) is 5.64. The normalized spacial score (nSPS) is 11.9. The maximum absolute atomic E-state index is 12.1. The number of Topliss-reactive ketones (excluding diaryl/α,β-unsaturated/α-hetero) is 1. The number of hydrogen-bond acceptors (Lipinski definition) is 4. The number of unbranched alkanes of at least 4 members (excludes halogenated alkanes) is 1. The van der Waals surface area contributed by atoms with Crippen molar-refractivity contribution in [2.24, 2.45) is 0 Å². The van der Waals surface area contributed by atoms with Gasteiger partial charge >= 0.3 is 0 Å². The molecule has 146 valence electrons. The van der Waals surface area contributed by atoms with E-state index >= 15 is 0 Å². The molecular weight excluding hydrogens is 374 g/mol. The fourth-order valence-corrected chi connectivity index (χ4v) is 3.46. The van der Waals surface area contributed by atoms with E-state index in [9.17, 15) is 9.00 Å². The van der Waals surface area contributed by atoms with Gasteiger partial charge in [0.05, 0.1) is 12.3 Å². The van der Waals surface area contributed by atoms with Gasteiger partial charge in [-0.1, -0.05) is 49.7 Å². The Hall–Kier alpha value is -2.70. The maximum Gasteiger partial charge on any atom is 0.261 e. The van der Waals surface area contributed by atoms with Gasteiger partial charge in [-0.05, 0) is 36.9 Å². The van der Waals surface area contributed by atoms with E-state index in [0.717, 1.165) is 23.6 Å². The topological polar surface area (TPSA) is 64.6 Å². The number of fused-ring (bicyclic) bond motifs is 1. The van der Waals surface area contributed by atoms with Gasteiger partial charge < -0.3 is 4.74 Å². The van der Waals surface area contributed by atoms with Crippen LogP contribution < -0.4 is 9.46 Å². The van der Waals surface area contributed by atoms with E-state index < -0.39 is 11.3 Å². The van der Waals surface area contributed by atoms with E-state index in [1.54, 1.807) is 18.2 Å². The molecule has 0 spiro atoms. The van der Waals surface area contributed by atoms with Crippen LogP contribution in [-0.2, 0) is 15.4 Å². The number of carbonyl (C=O) groups is 1. The lowest BCUT2D eigenvalue weighted by Gasteiger charge is -2.13.